The van der Waals surface area contributed by atoms with Gasteiger partial charge in [-0.05, 0) is 38.2 Å². The highest BCUT2D eigenvalue weighted by Gasteiger charge is 2.36. The summed E-state index contributed by atoms with van der Waals surface area (Å²) in [6.45, 7) is 3.82. The third kappa shape index (κ3) is 3.48. The summed E-state index contributed by atoms with van der Waals surface area (Å²) >= 11 is 0. The highest BCUT2D eigenvalue weighted by atomic mass is 16.5. The first kappa shape index (κ1) is 17.3. The van der Waals surface area contributed by atoms with Gasteiger partial charge in [0.2, 0.25) is 0 Å². The highest BCUT2D eigenvalue weighted by molar-refractivity contribution is 5.95. The fourth-order valence-corrected chi connectivity index (χ4v) is 3.59. The van der Waals surface area contributed by atoms with Crippen LogP contribution in [0.2, 0.25) is 0 Å². The predicted octanol–water partition coefficient (Wildman–Crippen LogP) is 3.05. The Balaban J connectivity index is 1.93. The summed E-state index contributed by atoms with van der Waals surface area (Å²) in [5.74, 6) is 0.586. The zero-order valence-electron chi connectivity index (χ0n) is 14.8. The van der Waals surface area contributed by atoms with E-state index in [-0.39, 0.29) is 18.1 Å². The number of ether oxygens (including phenoxy) is 2. The molecule has 0 bridgehead atoms. The Bertz CT molecular complexity index is 713. The summed E-state index contributed by atoms with van der Waals surface area (Å²) in [6, 6.07) is 6.39. The van der Waals surface area contributed by atoms with Crippen molar-refractivity contribution >= 4 is 12.0 Å². The Labute approximate surface area is 147 Å². The fraction of sp³-hybridized carbons (Fsp3) is 0.474. The first-order valence-corrected chi connectivity index (χ1v) is 8.63. The minimum Gasteiger partial charge on any atom is -0.496 e. The predicted molar refractivity (Wildman–Crippen MR) is 93.0 cm³/mol. The van der Waals surface area contributed by atoms with E-state index in [9.17, 15) is 9.59 Å². The number of hydrogen-bond donors (Lipinski definition) is 2. The summed E-state index contributed by atoms with van der Waals surface area (Å²) in [5.41, 5.74) is 1.66. The zero-order chi connectivity index (χ0) is 18.0. The fourth-order valence-electron chi connectivity index (χ4n) is 3.59. The van der Waals surface area contributed by atoms with Crippen molar-refractivity contribution in [3.63, 3.8) is 0 Å². The van der Waals surface area contributed by atoms with E-state index < -0.39 is 6.04 Å². The number of rotatable bonds is 4. The molecule has 1 aliphatic heterocycles. The van der Waals surface area contributed by atoms with Crippen LogP contribution in [0.1, 0.15) is 44.7 Å². The second-order valence-corrected chi connectivity index (χ2v) is 6.66. The monoisotopic (exact) mass is 344 g/mol. The molecule has 0 unspecified atom stereocenters. The molecule has 2 aliphatic rings. The van der Waals surface area contributed by atoms with Crippen LogP contribution in [0.25, 0.3) is 0 Å². The van der Waals surface area contributed by atoms with E-state index in [1.54, 1.807) is 20.1 Å². The molecule has 3 rings (SSSR count). The Morgan fingerprint density at radius 1 is 1.24 bits per heavy atom. The van der Waals surface area contributed by atoms with Crippen molar-refractivity contribution in [2.24, 2.45) is 5.92 Å². The molecule has 6 heteroatoms. The number of nitrogens with one attached hydrogen (secondary N) is 2. The molecule has 1 fully saturated rings. The number of urea groups is 1. The molecule has 0 aromatic heterocycles. The van der Waals surface area contributed by atoms with Gasteiger partial charge in [-0.3, -0.25) is 0 Å². The molecular formula is C19H24N2O4. The number of carbonyl (C=O) groups excluding carboxylic acids is 2. The quantitative estimate of drug-likeness (QED) is 0.823. The maximum absolute atomic E-state index is 12.9. The molecule has 0 saturated heterocycles. The summed E-state index contributed by atoms with van der Waals surface area (Å²) in [4.78, 5) is 24.9. The Hall–Kier alpha value is -2.50. The van der Waals surface area contributed by atoms with Crippen LogP contribution in [0, 0.1) is 5.92 Å². The molecule has 1 saturated carbocycles. The van der Waals surface area contributed by atoms with Crippen molar-refractivity contribution in [3.05, 3.63) is 41.1 Å². The number of benzene rings is 1. The Kier molecular flexibility index (Phi) is 4.97. The first-order valence-electron chi connectivity index (χ1n) is 8.63. The molecule has 1 heterocycles. The van der Waals surface area contributed by atoms with Gasteiger partial charge >= 0.3 is 12.0 Å². The molecule has 6 nitrogen and oxygen atoms in total. The topological polar surface area (TPSA) is 76.7 Å². The van der Waals surface area contributed by atoms with Gasteiger partial charge in [-0.25, -0.2) is 9.59 Å². The van der Waals surface area contributed by atoms with Crippen molar-refractivity contribution in [2.45, 2.75) is 45.3 Å². The van der Waals surface area contributed by atoms with Crippen molar-refractivity contribution in [3.8, 4) is 5.75 Å². The summed E-state index contributed by atoms with van der Waals surface area (Å²) < 4.78 is 11.2. The number of allylic oxidation sites excluding steroid dienone is 1. The van der Waals surface area contributed by atoms with Crippen molar-refractivity contribution in [1.29, 1.82) is 0 Å². The molecule has 1 aromatic rings. The SMILES string of the molecule is COc1ccccc1[C@H]1NC(=O)NC(C)=C1C(=O)O[C@@H]1CCC[C@H]1C. The van der Waals surface area contributed by atoms with Gasteiger partial charge in [-0.2, -0.15) is 0 Å². The lowest BCUT2D eigenvalue weighted by atomic mass is 9.94. The van der Waals surface area contributed by atoms with E-state index in [0.29, 0.717) is 22.9 Å². The van der Waals surface area contributed by atoms with Gasteiger partial charge in [0.25, 0.3) is 0 Å². The van der Waals surface area contributed by atoms with Gasteiger partial charge in [0, 0.05) is 11.3 Å². The van der Waals surface area contributed by atoms with E-state index in [0.717, 1.165) is 24.8 Å². The lowest BCUT2D eigenvalue weighted by Crippen LogP contribution is -2.45. The van der Waals surface area contributed by atoms with Crippen LogP contribution < -0.4 is 15.4 Å². The van der Waals surface area contributed by atoms with Gasteiger partial charge in [-0.1, -0.05) is 25.1 Å². The number of esters is 1. The molecular weight excluding hydrogens is 320 g/mol. The van der Waals surface area contributed by atoms with Gasteiger partial charge in [0.1, 0.15) is 11.9 Å². The molecule has 25 heavy (non-hydrogen) atoms. The number of hydrogen-bond acceptors (Lipinski definition) is 4. The Morgan fingerprint density at radius 3 is 2.68 bits per heavy atom. The number of amides is 2. The van der Waals surface area contributed by atoms with Crippen molar-refractivity contribution < 1.29 is 19.1 Å². The molecule has 0 radical (unpaired) electrons. The van der Waals surface area contributed by atoms with Crippen LogP contribution in [0.15, 0.2) is 35.5 Å². The smallest absolute Gasteiger partial charge is 0.338 e. The number of para-hydroxylation sites is 1. The van der Waals surface area contributed by atoms with Gasteiger partial charge in [0.15, 0.2) is 0 Å². The van der Waals surface area contributed by atoms with Crippen LogP contribution in [0.3, 0.4) is 0 Å². The average Bonchev–Trinajstić information content (AvgIpc) is 2.98. The van der Waals surface area contributed by atoms with Crippen LogP contribution in [0.5, 0.6) is 5.75 Å². The van der Waals surface area contributed by atoms with Crippen molar-refractivity contribution in [2.75, 3.05) is 7.11 Å². The summed E-state index contributed by atoms with van der Waals surface area (Å²) in [5, 5.41) is 5.49. The second kappa shape index (κ2) is 7.17. The summed E-state index contributed by atoms with van der Waals surface area (Å²) in [7, 11) is 1.57. The third-order valence-corrected chi connectivity index (χ3v) is 4.98. The molecule has 1 aliphatic carbocycles. The van der Waals surface area contributed by atoms with Crippen molar-refractivity contribution in [1.82, 2.24) is 10.6 Å². The zero-order valence-corrected chi connectivity index (χ0v) is 14.8. The normalized spacial score (nSPS) is 26.0. The number of methoxy groups -OCH3 is 1. The maximum atomic E-state index is 12.9. The van der Waals surface area contributed by atoms with Gasteiger partial charge in [0.05, 0.1) is 18.7 Å². The molecule has 2 N–H and O–H groups in total. The van der Waals surface area contributed by atoms with Crippen LogP contribution >= 0.6 is 0 Å². The molecule has 0 spiro atoms. The number of carbonyl (C=O) groups is 2. The minimum atomic E-state index is -0.603. The minimum absolute atomic E-state index is 0.0660. The Morgan fingerprint density at radius 2 is 2.00 bits per heavy atom. The van der Waals surface area contributed by atoms with E-state index >= 15 is 0 Å². The van der Waals surface area contributed by atoms with E-state index in [4.69, 9.17) is 9.47 Å². The van der Waals surface area contributed by atoms with Crippen LogP contribution in [-0.2, 0) is 9.53 Å². The third-order valence-electron chi connectivity index (χ3n) is 4.98. The van der Waals surface area contributed by atoms with Gasteiger partial charge < -0.3 is 20.1 Å². The standard InChI is InChI=1S/C19H24N2O4/c1-11-7-6-10-14(11)25-18(22)16-12(2)20-19(23)21-17(16)13-8-4-5-9-15(13)24-3/h4-5,8-9,11,14,17H,6-7,10H2,1-3H3,(H2,20,21,23)/t11-,14-,17-/m1/s1. The van der Waals surface area contributed by atoms with E-state index in [2.05, 4.69) is 17.6 Å². The van der Waals surface area contributed by atoms with E-state index in [1.807, 2.05) is 18.2 Å². The average molecular weight is 344 g/mol. The van der Waals surface area contributed by atoms with E-state index in [1.165, 1.54) is 0 Å². The van der Waals surface area contributed by atoms with Crippen LogP contribution in [0.4, 0.5) is 4.79 Å². The molecule has 2 amide bonds. The van der Waals surface area contributed by atoms with Crippen LogP contribution in [-0.4, -0.2) is 25.2 Å². The maximum Gasteiger partial charge on any atom is 0.338 e. The largest absolute Gasteiger partial charge is 0.496 e. The first-order chi connectivity index (χ1) is 12.0. The molecule has 134 valence electrons. The highest BCUT2D eigenvalue weighted by Crippen LogP contribution is 2.35. The molecule has 1 aromatic carbocycles. The van der Waals surface area contributed by atoms with Gasteiger partial charge in [-0.15, -0.1) is 0 Å². The lowest BCUT2D eigenvalue weighted by Gasteiger charge is -2.30. The second-order valence-electron chi connectivity index (χ2n) is 6.66. The lowest BCUT2D eigenvalue weighted by molar-refractivity contribution is -0.146. The molecule has 3 atom stereocenters. The summed E-state index contributed by atoms with van der Waals surface area (Å²) in [6.07, 6.45) is 2.96.